The van der Waals surface area contributed by atoms with Crippen LogP contribution in [0.5, 0.6) is 0 Å². The fourth-order valence-corrected chi connectivity index (χ4v) is 3.03. The van der Waals surface area contributed by atoms with Gasteiger partial charge in [-0.2, -0.15) is 0 Å². The van der Waals surface area contributed by atoms with Crippen molar-refractivity contribution in [1.82, 2.24) is 0 Å². The summed E-state index contributed by atoms with van der Waals surface area (Å²) in [6.07, 6.45) is 4.77. The Bertz CT molecular complexity index is 263. The zero-order valence-corrected chi connectivity index (χ0v) is 9.24. The smallest absolute Gasteiger partial charge is 0.00746 e. The summed E-state index contributed by atoms with van der Waals surface area (Å²) in [6, 6.07) is 8.74. The molecule has 0 heterocycles. The largest absolute Gasteiger partial charge is 0.220 e. The van der Waals surface area contributed by atoms with E-state index in [2.05, 4.69) is 50.6 Å². The van der Waals surface area contributed by atoms with Crippen LogP contribution >= 0.6 is 10.0 Å². The minimum Gasteiger partial charge on any atom is -0.220 e. The summed E-state index contributed by atoms with van der Waals surface area (Å²) in [6.45, 7) is 4.49. The lowest BCUT2D eigenvalue weighted by molar-refractivity contribution is 1.27. The molecule has 68 valence electrons. The van der Waals surface area contributed by atoms with Crippen LogP contribution in [-0.2, 0) is 0 Å². The monoisotopic (exact) mass is 182 g/mol. The van der Waals surface area contributed by atoms with Gasteiger partial charge in [0.1, 0.15) is 0 Å². The summed E-state index contributed by atoms with van der Waals surface area (Å²) in [5.74, 6) is 1.28. The standard InChI is InChI=1S/C11H18S/c1-5-12(3,4)11-9-7-6-8-10(11)2/h6-9H,5H2,1-4H3. The Morgan fingerprint density at radius 2 is 1.75 bits per heavy atom. The summed E-state index contributed by atoms with van der Waals surface area (Å²) in [5, 5.41) is 0. The van der Waals surface area contributed by atoms with Crippen LogP contribution in [0.15, 0.2) is 29.2 Å². The molecule has 0 radical (unpaired) electrons. The van der Waals surface area contributed by atoms with Gasteiger partial charge >= 0.3 is 0 Å². The number of aryl methyl sites for hydroxylation is 1. The van der Waals surface area contributed by atoms with Gasteiger partial charge in [-0.25, -0.2) is 10.0 Å². The molecule has 0 bridgehead atoms. The van der Waals surface area contributed by atoms with Gasteiger partial charge in [0.05, 0.1) is 0 Å². The average molecular weight is 182 g/mol. The van der Waals surface area contributed by atoms with Gasteiger partial charge in [0.15, 0.2) is 0 Å². The third kappa shape index (κ3) is 1.84. The van der Waals surface area contributed by atoms with E-state index in [9.17, 15) is 0 Å². The molecule has 1 aromatic carbocycles. The molecule has 1 aromatic rings. The maximum Gasteiger partial charge on any atom is -0.00746 e. The summed E-state index contributed by atoms with van der Waals surface area (Å²) < 4.78 is 0. The Morgan fingerprint density at radius 1 is 1.17 bits per heavy atom. The maximum absolute atomic E-state index is 2.38. The van der Waals surface area contributed by atoms with E-state index >= 15 is 0 Å². The Morgan fingerprint density at radius 3 is 2.25 bits per heavy atom. The Labute approximate surface area is 77.3 Å². The molecular formula is C11H18S. The zero-order chi connectivity index (χ0) is 9.19. The predicted octanol–water partition coefficient (Wildman–Crippen LogP) is 3.44. The molecule has 0 saturated carbocycles. The second kappa shape index (κ2) is 3.53. The Balaban J connectivity index is 3.10. The maximum atomic E-state index is 2.38. The third-order valence-electron chi connectivity index (χ3n) is 2.41. The van der Waals surface area contributed by atoms with E-state index in [0.717, 1.165) is 0 Å². The van der Waals surface area contributed by atoms with Gasteiger partial charge in [0.2, 0.25) is 0 Å². The molecule has 0 unspecified atom stereocenters. The van der Waals surface area contributed by atoms with Crippen LogP contribution in [0.2, 0.25) is 0 Å². The minimum atomic E-state index is -0.529. The highest BCUT2D eigenvalue weighted by Crippen LogP contribution is 2.49. The van der Waals surface area contributed by atoms with Gasteiger partial charge < -0.3 is 0 Å². The number of rotatable bonds is 2. The van der Waals surface area contributed by atoms with Crippen molar-refractivity contribution in [2.45, 2.75) is 18.7 Å². The van der Waals surface area contributed by atoms with E-state index in [-0.39, 0.29) is 0 Å². The fraction of sp³-hybridized carbons (Fsp3) is 0.455. The first kappa shape index (κ1) is 9.66. The van der Waals surface area contributed by atoms with Gasteiger partial charge in [-0.15, -0.1) is 0 Å². The van der Waals surface area contributed by atoms with E-state index in [0.29, 0.717) is 0 Å². The van der Waals surface area contributed by atoms with E-state index in [1.165, 1.54) is 11.3 Å². The molecule has 0 amide bonds. The summed E-state index contributed by atoms with van der Waals surface area (Å²) in [7, 11) is -0.529. The zero-order valence-electron chi connectivity index (χ0n) is 8.42. The van der Waals surface area contributed by atoms with E-state index in [1.54, 1.807) is 4.90 Å². The van der Waals surface area contributed by atoms with Crippen LogP contribution < -0.4 is 0 Å². The highest BCUT2D eigenvalue weighted by atomic mass is 32.3. The molecule has 0 spiro atoms. The highest BCUT2D eigenvalue weighted by molar-refractivity contribution is 8.32. The lowest BCUT2D eigenvalue weighted by Crippen LogP contribution is -2.00. The molecule has 0 atom stereocenters. The van der Waals surface area contributed by atoms with Gasteiger partial charge in [-0.3, -0.25) is 0 Å². The van der Waals surface area contributed by atoms with Crippen LogP contribution in [0, 0.1) is 6.92 Å². The molecule has 12 heavy (non-hydrogen) atoms. The fourth-order valence-electron chi connectivity index (χ4n) is 1.33. The topological polar surface area (TPSA) is 0 Å². The highest BCUT2D eigenvalue weighted by Gasteiger charge is 2.13. The molecule has 1 heteroatoms. The Kier molecular flexibility index (Phi) is 2.84. The SMILES string of the molecule is CCS(C)(C)c1ccccc1C. The van der Waals surface area contributed by atoms with Crippen LogP contribution in [-0.4, -0.2) is 18.3 Å². The second-order valence-corrected chi connectivity index (χ2v) is 7.69. The average Bonchev–Trinajstić information content (AvgIpc) is 2.05. The summed E-state index contributed by atoms with van der Waals surface area (Å²) >= 11 is 0. The van der Waals surface area contributed by atoms with Gasteiger partial charge in [0, 0.05) is 0 Å². The van der Waals surface area contributed by atoms with Crippen molar-refractivity contribution in [2.75, 3.05) is 18.3 Å². The molecule has 0 saturated heterocycles. The van der Waals surface area contributed by atoms with Crippen LogP contribution in [0.4, 0.5) is 0 Å². The van der Waals surface area contributed by atoms with Crippen molar-refractivity contribution in [1.29, 1.82) is 0 Å². The van der Waals surface area contributed by atoms with Crippen LogP contribution in [0.25, 0.3) is 0 Å². The first-order valence-electron chi connectivity index (χ1n) is 4.34. The second-order valence-electron chi connectivity index (χ2n) is 3.59. The number of hydrogen-bond donors (Lipinski definition) is 0. The third-order valence-corrected chi connectivity index (χ3v) is 5.50. The van der Waals surface area contributed by atoms with Crippen LogP contribution in [0.3, 0.4) is 0 Å². The van der Waals surface area contributed by atoms with Gasteiger partial charge in [0.25, 0.3) is 0 Å². The van der Waals surface area contributed by atoms with Gasteiger partial charge in [-0.05, 0) is 41.7 Å². The predicted molar refractivity (Wildman–Crippen MR) is 59.4 cm³/mol. The lowest BCUT2D eigenvalue weighted by atomic mass is 10.2. The van der Waals surface area contributed by atoms with E-state index in [4.69, 9.17) is 0 Å². The molecule has 0 fully saturated rings. The molecular weight excluding hydrogens is 164 g/mol. The van der Waals surface area contributed by atoms with Crippen molar-refractivity contribution >= 4 is 10.0 Å². The first-order valence-corrected chi connectivity index (χ1v) is 6.96. The van der Waals surface area contributed by atoms with Crippen molar-refractivity contribution in [2.24, 2.45) is 0 Å². The van der Waals surface area contributed by atoms with Crippen molar-refractivity contribution in [3.8, 4) is 0 Å². The molecule has 0 aliphatic rings. The molecule has 0 aliphatic carbocycles. The van der Waals surface area contributed by atoms with E-state index in [1.807, 2.05) is 0 Å². The number of benzene rings is 1. The van der Waals surface area contributed by atoms with Crippen molar-refractivity contribution in [3.63, 3.8) is 0 Å². The summed E-state index contributed by atoms with van der Waals surface area (Å²) in [4.78, 5) is 1.56. The van der Waals surface area contributed by atoms with Crippen molar-refractivity contribution in [3.05, 3.63) is 29.8 Å². The van der Waals surface area contributed by atoms with Crippen LogP contribution in [0.1, 0.15) is 12.5 Å². The normalized spacial score (nSPS) is 13.0. The minimum absolute atomic E-state index is 0.529. The molecule has 1 rings (SSSR count). The quantitative estimate of drug-likeness (QED) is 0.657. The molecule has 0 aliphatic heterocycles. The molecule has 0 nitrogen and oxygen atoms in total. The summed E-state index contributed by atoms with van der Waals surface area (Å²) in [5.41, 5.74) is 1.44. The molecule has 0 N–H and O–H groups in total. The Hall–Kier alpha value is -0.430. The molecule has 0 aromatic heterocycles. The van der Waals surface area contributed by atoms with Crippen molar-refractivity contribution < 1.29 is 0 Å². The lowest BCUT2D eigenvalue weighted by Gasteiger charge is -2.31. The van der Waals surface area contributed by atoms with E-state index < -0.39 is 10.0 Å². The number of hydrogen-bond acceptors (Lipinski definition) is 0. The first-order chi connectivity index (χ1) is 5.58. The van der Waals surface area contributed by atoms with Gasteiger partial charge in [-0.1, -0.05) is 25.1 Å².